The Morgan fingerprint density at radius 2 is 1.85 bits per heavy atom. The summed E-state index contributed by atoms with van der Waals surface area (Å²) in [6.45, 7) is 7.19. The van der Waals surface area contributed by atoms with Gasteiger partial charge < -0.3 is 19.5 Å². The van der Waals surface area contributed by atoms with Crippen molar-refractivity contribution < 1.29 is 24.2 Å². The summed E-state index contributed by atoms with van der Waals surface area (Å²) in [5.74, 6) is 0.507. The average molecular weight is 526 g/mol. The summed E-state index contributed by atoms with van der Waals surface area (Å²) < 4.78 is 11.8. The van der Waals surface area contributed by atoms with Crippen molar-refractivity contribution in [1.29, 1.82) is 0 Å². The number of carbonyl (C=O) groups excluding carboxylic acids is 2. The number of benzene rings is 3. The summed E-state index contributed by atoms with van der Waals surface area (Å²) in [6, 6.07) is 22.0. The van der Waals surface area contributed by atoms with Crippen LogP contribution in [-0.4, -0.2) is 41.0 Å². The molecule has 1 fully saturated rings. The van der Waals surface area contributed by atoms with E-state index in [2.05, 4.69) is 13.8 Å². The molecule has 5 rings (SSSR count). The fraction of sp³-hybridized carbons (Fsp3) is 0.333. The van der Waals surface area contributed by atoms with E-state index >= 15 is 0 Å². The molecule has 1 amide bonds. The van der Waals surface area contributed by atoms with E-state index in [0.717, 1.165) is 35.3 Å². The number of hydrogen-bond donors (Lipinski definition) is 1. The lowest BCUT2D eigenvalue weighted by Gasteiger charge is -2.26. The van der Waals surface area contributed by atoms with Crippen LogP contribution in [0.15, 0.2) is 78.4 Å². The zero-order chi connectivity index (χ0) is 27.5. The van der Waals surface area contributed by atoms with Crippen molar-refractivity contribution >= 4 is 17.4 Å². The minimum absolute atomic E-state index is 0.0550. The van der Waals surface area contributed by atoms with Gasteiger partial charge in [-0.3, -0.25) is 9.59 Å². The molecule has 6 nitrogen and oxygen atoms in total. The average Bonchev–Trinajstić information content (AvgIpc) is 3.42. The van der Waals surface area contributed by atoms with Crippen molar-refractivity contribution in [2.75, 3.05) is 13.2 Å². The molecule has 6 heteroatoms. The molecular weight excluding hydrogens is 490 g/mol. The first-order valence-electron chi connectivity index (χ1n) is 13.7. The van der Waals surface area contributed by atoms with Gasteiger partial charge >= 0.3 is 0 Å². The maximum Gasteiger partial charge on any atom is 0.295 e. The molecule has 0 aliphatic carbocycles. The second kappa shape index (κ2) is 11.4. The molecule has 2 unspecified atom stereocenters. The Bertz CT molecular complexity index is 1390. The van der Waals surface area contributed by atoms with Crippen molar-refractivity contribution in [1.82, 2.24) is 4.90 Å². The lowest BCUT2D eigenvalue weighted by molar-refractivity contribution is -0.139. The van der Waals surface area contributed by atoms with Crippen molar-refractivity contribution in [2.24, 2.45) is 5.92 Å². The molecule has 39 heavy (non-hydrogen) atoms. The minimum Gasteiger partial charge on any atom is -0.507 e. The number of Topliss-reactive ketones (excluding diaryl/α,β-unsaturated/α-hetero) is 1. The second-order valence-corrected chi connectivity index (χ2v) is 10.8. The Hall–Kier alpha value is -4.06. The molecular formula is C33H35NO5. The van der Waals surface area contributed by atoms with Gasteiger partial charge in [0.25, 0.3) is 11.7 Å². The Morgan fingerprint density at radius 1 is 1.05 bits per heavy atom. The first kappa shape index (κ1) is 26.5. The molecule has 2 aliphatic heterocycles. The Balaban J connectivity index is 1.53. The number of hydrogen-bond acceptors (Lipinski definition) is 5. The number of aliphatic hydroxyl groups excluding tert-OH is 1. The van der Waals surface area contributed by atoms with E-state index in [1.165, 1.54) is 0 Å². The molecule has 0 aromatic heterocycles. The molecule has 3 aromatic rings. The molecule has 0 bridgehead atoms. The summed E-state index contributed by atoms with van der Waals surface area (Å²) in [4.78, 5) is 28.5. The Morgan fingerprint density at radius 3 is 2.62 bits per heavy atom. The van der Waals surface area contributed by atoms with Crippen LogP contribution in [0.5, 0.6) is 11.5 Å². The first-order chi connectivity index (χ1) is 18.8. The van der Waals surface area contributed by atoms with Crippen LogP contribution in [0.1, 0.15) is 55.5 Å². The van der Waals surface area contributed by atoms with Crippen LogP contribution in [0.2, 0.25) is 0 Å². The van der Waals surface area contributed by atoms with E-state index in [9.17, 15) is 14.7 Å². The molecule has 3 aromatic carbocycles. The highest BCUT2D eigenvalue weighted by molar-refractivity contribution is 6.46. The predicted molar refractivity (Wildman–Crippen MR) is 151 cm³/mol. The van der Waals surface area contributed by atoms with Gasteiger partial charge in [-0.2, -0.15) is 0 Å². The number of aliphatic hydroxyl groups is 1. The molecule has 2 heterocycles. The molecule has 202 valence electrons. The van der Waals surface area contributed by atoms with Gasteiger partial charge in [0.2, 0.25) is 0 Å². The summed E-state index contributed by atoms with van der Waals surface area (Å²) in [6.07, 6.45) is 2.28. The van der Waals surface area contributed by atoms with Crippen LogP contribution < -0.4 is 9.47 Å². The lowest BCUT2D eigenvalue weighted by atomic mass is 9.94. The maximum atomic E-state index is 13.5. The maximum absolute atomic E-state index is 13.5. The van der Waals surface area contributed by atoms with Gasteiger partial charge in [-0.05, 0) is 72.7 Å². The third-order valence-electron chi connectivity index (χ3n) is 7.33. The van der Waals surface area contributed by atoms with Crippen LogP contribution in [0.3, 0.4) is 0 Å². The van der Waals surface area contributed by atoms with Crippen LogP contribution in [0.4, 0.5) is 0 Å². The molecule has 0 radical (unpaired) electrons. The zero-order valence-corrected chi connectivity index (χ0v) is 22.7. The predicted octanol–water partition coefficient (Wildman–Crippen LogP) is 6.10. The van der Waals surface area contributed by atoms with E-state index in [1.807, 2.05) is 73.7 Å². The summed E-state index contributed by atoms with van der Waals surface area (Å²) in [5, 5.41) is 11.5. The fourth-order valence-corrected chi connectivity index (χ4v) is 5.26. The van der Waals surface area contributed by atoms with Gasteiger partial charge in [0.15, 0.2) is 0 Å². The van der Waals surface area contributed by atoms with E-state index < -0.39 is 17.7 Å². The number of ether oxygens (including phenoxy) is 2. The van der Waals surface area contributed by atoms with Crippen LogP contribution in [0, 0.1) is 5.92 Å². The number of likely N-dealkylation sites (tertiary alicyclic amines) is 1. The number of rotatable bonds is 9. The van der Waals surface area contributed by atoms with Gasteiger partial charge in [0.1, 0.15) is 23.4 Å². The van der Waals surface area contributed by atoms with Gasteiger partial charge in [-0.15, -0.1) is 0 Å². The third kappa shape index (κ3) is 5.70. The fourth-order valence-electron chi connectivity index (χ4n) is 5.26. The quantitative estimate of drug-likeness (QED) is 0.208. The SMILES string of the molecule is CC(C)CCOc1cccc(C2/C(=C(\O)c3ccc4c(c3)CC(C)O4)C(=O)C(=O)N2CCc2ccccc2)c1. The number of fused-ring (bicyclic) bond motifs is 1. The number of nitrogens with zero attached hydrogens (tertiary/aromatic N) is 1. The summed E-state index contributed by atoms with van der Waals surface area (Å²) >= 11 is 0. The topological polar surface area (TPSA) is 76.1 Å². The molecule has 1 saturated heterocycles. The van der Waals surface area contributed by atoms with E-state index in [1.54, 1.807) is 11.0 Å². The van der Waals surface area contributed by atoms with E-state index in [4.69, 9.17) is 9.47 Å². The van der Waals surface area contributed by atoms with Crippen LogP contribution in [0.25, 0.3) is 5.76 Å². The second-order valence-electron chi connectivity index (χ2n) is 10.8. The molecule has 0 saturated carbocycles. The van der Waals surface area contributed by atoms with Gasteiger partial charge in [0.05, 0.1) is 18.2 Å². The van der Waals surface area contributed by atoms with Crippen LogP contribution in [-0.2, 0) is 22.4 Å². The summed E-state index contributed by atoms with van der Waals surface area (Å²) in [7, 11) is 0. The molecule has 2 atom stereocenters. The van der Waals surface area contributed by atoms with Crippen molar-refractivity contribution in [3.63, 3.8) is 0 Å². The van der Waals surface area contributed by atoms with Gasteiger partial charge in [-0.1, -0.05) is 56.3 Å². The monoisotopic (exact) mass is 525 g/mol. The minimum atomic E-state index is -0.731. The normalized spacial score (nSPS) is 19.8. The Kier molecular flexibility index (Phi) is 7.73. The zero-order valence-electron chi connectivity index (χ0n) is 22.7. The standard InChI is InChI=1S/C33H35NO5/c1-21(2)15-17-38-27-11-7-10-24(20-27)30-29(31(35)25-12-13-28-26(19-25)18-22(3)39-28)32(36)33(37)34(30)16-14-23-8-5-4-6-9-23/h4-13,19-22,30,35H,14-18H2,1-3H3/b31-29+. The highest BCUT2D eigenvalue weighted by Crippen LogP contribution is 2.41. The molecule has 2 aliphatic rings. The molecule has 0 spiro atoms. The van der Waals surface area contributed by atoms with Crippen molar-refractivity contribution in [3.05, 3.63) is 101 Å². The largest absolute Gasteiger partial charge is 0.507 e. The Labute approximate surface area is 229 Å². The molecule has 1 N–H and O–H groups in total. The highest BCUT2D eigenvalue weighted by atomic mass is 16.5. The van der Waals surface area contributed by atoms with E-state index in [-0.39, 0.29) is 17.4 Å². The number of ketones is 1. The van der Waals surface area contributed by atoms with Gasteiger partial charge in [-0.25, -0.2) is 0 Å². The van der Waals surface area contributed by atoms with Crippen LogP contribution >= 0.6 is 0 Å². The number of carbonyl (C=O) groups is 2. The van der Waals surface area contributed by atoms with E-state index in [0.29, 0.717) is 36.8 Å². The van der Waals surface area contributed by atoms with Gasteiger partial charge in [0, 0.05) is 18.5 Å². The van der Waals surface area contributed by atoms with Crippen molar-refractivity contribution in [3.8, 4) is 11.5 Å². The highest BCUT2D eigenvalue weighted by Gasteiger charge is 2.46. The summed E-state index contributed by atoms with van der Waals surface area (Å²) in [5.41, 5.74) is 3.36. The first-order valence-corrected chi connectivity index (χ1v) is 13.7. The smallest absolute Gasteiger partial charge is 0.295 e. The third-order valence-corrected chi connectivity index (χ3v) is 7.33. The lowest BCUT2D eigenvalue weighted by Crippen LogP contribution is -2.31. The van der Waals surface area contributed by atoms with Crippen molar-refractivity contribution in [2.45, 2.75) is 52.2 Å². The number of amides is 1.